The molecule has 0 fully saturated rings. The molecule has 1 aromatic carbocycles. The number of aliphatic carboxylic acids is 1. The van der Waals surface area contributed by atoms with Crippen LogP contribution in [-0.2, 0) is 11.2 Å². The van der Waals surface area contributed by atoms with Crippen LogP contribution in [-0.4, -0.2) is 23.2 Å². The van der Waals surface area contributed by atoms with E-state index in [2.05, 4.69) is 5.32 Å². The lowest BCUT2D eigenvalue weighted by atomic mass is 10.0. The fraction of sp³-hybridized carbons (Fsp3) is 0.500. The van der Waals surface area contributed by atoms with E-state index in [0.29, 0.717) is 6.42 Å². The van der Waals surface area contributed by atoms with Crippen molar-refractivity contribution in [1.82, 2.24) is 5.32 Å². The van der Waals surface area contributed by atoms with Crippen LogP contribution in [0.25, 0.3) is 0 Å². The minimum absolute atomic E-state index is 0.242. The maximum Gasteiger partial charge on any atom is 0.320 e. The van der Waals surface area contributed by atoms with E-state index in [4.69, 9.17) is 5.11 Å². The highest BCUT2D eigenvalue weighted by Crippen LogP contribution is 2.06. The van der Waals surface area contributed by atoms with Crippen molar-refractivity contribution < 1.29 is 9.90 Å². The maximum atomic E-state index is 11.1. The van der Waals surface area contributed by atoms with Crippen molar-refractivity contribution in [2.24, 2.45) is 0 Å². The molecule has 0 spiro atoms. The van der Waals surface area contributed by atoms with Crippen LogP contribution >= 0.6 is 0 Å². The van der Waals surface area contributed by atoms with Crippen molar-refractivity contribution in [3.63, 3.8) is 0 Å². The Kier molecular flexibility index (Phi) is 5.70. The van der Waals surface area contributed by atoms with Crippen molar-refractivity contribution in [2.45, 2.75) is 45.2 Å². The molecule has 0 amide bonds. The number of carboxylic acids is 1. The van der Waals surface area contributed by atoms with Gasteiger partial charge in [-0.05, 0) is 31.7 Å². The molecule has 0 saturated carbocycles. The van der Waals surface area contributed by atoms with E-state index in [1.807, 2.05) is 44.2 Å². The molecule has 3 heteroatoms. The Morgan fingerprint density at radius 1 is 1.35 bits per heavy atom. The number of carbonyl (C=O) groups is 1. The summed E-state index contributed by atoms with van der Waals surface area (Å²) in [7, 11) is 0. The maximum absolute atomic E-state index is 11.1. The SMILES string of the molecule is CCC(C)NC(CCc1ccccc1)C(=O)O. The molecule has 0 aliphatic rings. The highest BCUT2D eigenvalue weighted by Gasteiger charge is 2.18. The third-order valence-corrected chi connectivity index (χ3v) is 2.96. The average Bonchev–Trinajstić information content (AvgIpc) is 2.35. The first kappa shape index (κ1) is 13.7. The highest BCUT2D eigenvalue weighted by atomic mass is 16.4. The van der Waals surface area contributed by atoms with E-state index in [0.717, 1.165) is 12.8 Å². The summed E-state index contributed by atoms with van der Waals surface area (Å²) in [4.78, 5) is 11.1. The van der Waals surface area contributed by atoms with Gasteiger partial charge in [0.2, 0.25) is 0 Å². The van der Waals surface area contributed by atoms with Crippen LogP contribution in [0.2, 0.25) is 0 Å². The Morgan fingerprint density at radius 3 is 2.53 bits per heavy atom. The van der Waals surface area contributed by atoms with Gasteiger partial charge in [-0.15, -0.1) is 0 Å². The minimum atomic E-state index is -0.763. The second kappa shape index (κ2) is 7.07. The standard InChI is InChI=1S/C14H21NO2/c1-3-11(2)15-13(14(16)17)10-9-12-7-5-4-6-8-12/h4-8,11,13,15H,3,9-10H2,1-2H3,(H,16,17). The second-order valence-corrected chi connectivity index (χ2v) is 4.39. The van der Waals surface area contributed by atoms with Crippen LogP contribution in [0.1, 0.15) is 32.3 Å². The molecule has 1 aromatic rings. The Morgan fingerprint density at radius 2 is 2.00 bits per heavy atom. The lowest BCUT2D eigenvalue weighted by Gasteiger charge is -2.18. The first-order valence-corrected chi connectivity index (χ1v) is 6.16. The number of hydrogen-bond acceptors (Lipinski definition) is 2. The van der Waals surface area contributed by atoms with Gasteiger partial charge in [-0.2, -0.15) is 0 Å². The summed E-state index contributed by atoms with van der Waals surface area (Å²) >= 11 is 0. The van der Waals surface area contributed by atoms with Gasteiger partial charge in [-0.1, -0.05) is 37.3 Å². The fourth-order valence-corrected chi connectivity index (χ4v) is 1.70. The predicted octanol–water partition coefficient (Wildman–Crippen LogP) is 2.46. The quantitative estimate of drug-likeness (QED) is 0.763. The molecule has 2 N–H and O–H groups in total. The second-order valence-electron chi connectivity index (χ2n) is 4.39. The predicted molar refractivity (Wildman–Crippen MR) is 69.1 cm³/mol. The van der Waals surface area contributed by atoms with Gasteiger partial charge in [-0.25, -0.2) is 0 Å². The zero-order chi connectivity index (χ0) is 12.7. The summed E-state index contributed by atoms with van der Waals surface area (Å²) < 4.78 is 0. The van der Waals surface area contributed by atoms with Gasteiger partial charge in [0.05, 0.1) is 0 Å². The molecule has 2 atom stereocenters. The molecule has 0 aliphatic carbocycles. The largest absolute Gasteiger partial charge is 0.480 e. The van der Waals surface area contributed by atoms with Crippen LogP contribution in [0.5, 0.6) is 0 Å². The van der Waals surface area contributed by atoms with Gasteiger partial charge in [0.15, 0.2) is 0 Å². The van der Waals surface area contributed by atoms with Crippen molar-refractivity contribution in [2.75, 3.05) is 0 Å². The molecular formula is C14H21NO2. The van der Waals surface area contributed by atoms with Gasteiger partial charge >= 0.3 is 5.97 Å². The summed E-state index contributed by atoms with van der Waals surface area (Å²) in [6, 6.07) is 9.78. The Balaban J connectivity index is 2.47. The molecule has 0 radical (unpaired) electrons. The van der Waals surface area contributed by atoms with Crippen LogP contribution in [0, 0.1) is 0 Å². The van der Waals surface area contributed by atoms with Crippen molar-refractivity contribution in [1.29, 1.82) is 0 Å². The summed E-state index contributed by atoms with van der Waals surface area (Å²) in [5, 5.41) is 12.3. The molecule has 0 aliphatic heterocycles. The number of nitrogens with one attached hydrogen (secondary N) is 1. The lowest BCUT2D eigenvalue weighted by Crippen LogP contribution is -2.42. The first-order chi connectivity index (χ1) is 8.13. The van der Waals surface area contributed by atoms with Gasteiger partial charge in [-0.3, -0.25) is 4.79 Å². The first-order valence-electron chi connectivity index (χ1n) is 6.16. The molecule has 1 rings (SSSR count). The molecule has 3 nitrogen and oxygen atoms in total. The molecule has 2 unspecified atom stereocenters. The lowest BCUT2D eigenvalue weighted by molar-refractivity contribution is -0.139. The van der Waals surface area contributed by atoms with E-state index < -0.39 is 12.0 Å². The van der Waals surface area contributed by atoms with Crippen LogP contribution < -0.4 is 5.32 Å². The fourth-order valence-electron chi connectivity index (χ4n) is 1.70. The van der Waals surface area contributed by atoms with Crippen LogP contribution in [0.3, 0.4) is 0 Å². The highest BCUT2D eigenvalue weighted by molar-refractivity contribution is 5.73. The topological polar surface area (TPSA) is 49.3 Å². The third-order valence-electron chi connectivity index (χ3n) is 2.96. The molecule has 0 heterocycles. The van der Waals surface area contributed by atoms with Gasteiger partial charge < -0.3 is 10.4 Å². The van der Waals surface area contributed by atoms with E-state index in [-0.39, 0.29) is 6.04 Å². The van der Waals surface area contributed by atoms with E-state index >= 15 is 0 Å². The Labute approximate surface area is 103 Å². The molecule has 0 bridgehead atoms. The molecule has 94 valence electrons. The number of rotatable bonds is 7. The molecule has 17 heavy (non-hydrogen) atoms. The van der Waals surface area contributed by atoms with E-state index in [1.165, 1.54) is 5.56 Å². The van der Waals surface area contributed by atoms with Crippen LogP contribution in [0.15, 0.2) is 30.3 Å². The van der Waals surface area contributed by atoms with Crippen LogP contribution in [0.4, 0.5) is 0 Å². The zero-order valence-corrected chi connectivity index (χ0v) is 10.5. The summed E-state index contributed by atoms with van der Waals surface area (Å²) in [5.41, 5.74) is 1.18. The number of benzene rings is 1. The third kappa shape index (κ3) is 5.00. The Bertz CT molecular complexity index is 337. The zero-order valence-electron chi connectivity index (χ0n) is 10.5. The summed E-state index contributed by atoms with van der Waals surface area (Å²) in [6.45, 7) is 4.06. The number of carboxylic acid groups (broad SMARTS) is 1. The van der Waals surface area contributed by atoms with Crippen molar-refractivity contribution in [3.05, 3.63) is 35.9 Å². The summed E-state index contributed by atoms with van der Waals surface area (Å²) in [5.74, 6) is -0.763. The smallest absolute Gasteiger partial charge is 0.320 e. The van der Waals surface area contributed by atoms with Gasteiger partial charge in [0.1, 0.15) is 6.04 Å². The normalized spacial score (nSPS) is 14.2. The van der Waals surface area contributed by atoms with Crippen molar-refractivity contribution >= 4 is 5.97 Å². The Hall–Kier alpha value is -1.35. The van der Waals surface area contributed by atoms with E-state index in [1.54, 1.807) is 0 Å². The molecule has 0 aromatic heterocycles. The average molecular weight is 235 g/mol. The number of aryl methyl sites for hydroxylation is 1. The number of hydrogen-bond donors (Lipinski definition) is 2. The molecule has 0 saturated heterocycles. The van der Waals surface area contributed by atoms with Crippen molar-refractivity contribution in [3.8, 4) is 0 Å². The molecular weight excluding hydrogens is 214 g/mol. The minimum Gasteiger partial charge on any atom is -0.480 e. The monoisotopic (exact) mass is 235 g/mol. The van der Waals surface area contributed by atoms with E-state index in [9.17, 15) is 4.79 Å². The van der Waals surface area contributed by atoms with Gasteiger partial charge in [0.25, 0.3) is 0 Å². The summed E-state index contributed by atoms with van der Waals surface area (Å²) in [6.07, 6.45) is 2.36. The van der Waals surface area contributed by atoms with Gasteiger partial charge in [0, 0.05) is 6.04 Å².